The molecule has 25 heavy (non-hydrogen) atoms. The second kappa shape index (κ2) is 8.29. The number of halogens is 1. The summed E-state index contributed by atoms with van der Waals surface area (Å²) in [5, 5.41) is 2.96. The predicted octanol–water partition coefficient (Wildman–Crippen LogP) is 2.02. The zero-order valence-corrected chi connectivity index (χ0v) is 16.0. The topological polar surface area (TPSA) is 61.9 Å². The molecule has 1 unspecified atom stereocenters. The van der Waals surface area contributed by atoms with Gasteiger partial charge in [0, 0.05) is 42.9 Å². The fraction of sp³-hybridized carbons (Fsp3) is 0.556. The maximum absolute atomic E-state index is 12.3. The van der Waals surface area contributed by atoms with Crippen molar-refractivity contribution in [2.24, 2.45) is 0 Å². The highest BCUT2D eigenvalue weighted by Gasteiger charge is 2.30. The van der Waals surface area contributed by atoms with Crippen LogP contribution in [-0.4, -0.2) is 67.0 Å². The van der Waals surface area contributed by atoms with E-state index in [0.717, 1.165) is 28.6 Å². The second-order valence-corrected chi connectivity index (χ2v) is 7.53. The van der Waals surface area contributed by atoms with E-state index >= 15 is 0 Å². The molecule has 0 bridgehead atoms. The molecule has 1 aromatic rings. The largest absolute Gasteiger partial charge is 0.368 e. The normalized spacial score (nSPS) is 21.4. The van der Waals surface area contributed by atoms with Crippen molar-refractivity contribution in [2.75, 3.05) is 44.6 Å². The lowest BCUT2D eigenvalue weighted by Gasteiger charge is -2.35. The summed E-state index contributed by atoms with van der Waals surface area (Å²) in [6, 6.07) is 5.79. The second-order valence-electron chi connectivity index (χ2n) is 6.61. The first-order valence-corrected chi connectivity index (χ1v) is 9.51. The van der Waals surface area contributed by atoms with Gasteiger partial charge in [-0.3, -0.25) is 14.5 Å². The van der Waals surface area contributed by atoms with Gasteiger partial charge in [0.15, 0.2) is 0 Å². The number of nitrogens with zero attached hydrogens (tertiary/aromatic N) is 2. The Hall–Kier alpha value is -1.44. The molecule has 0 aliphatic carbocycles. The van der Waals surface area contributed by atoms with E-state index in [0.29, 0.717) is 39.3 Å². The van der Waals surface area contributed by atoms with E-state index in [1.165, 1.54) is 0 Å². The van der Waals surface area contributed by atoms with Crippen LogP contribution in [0, 0.1) is 6.92 Å². The average Bonchev–Trinajstić information content (AvgIpc) is 3.12. The minimum absolute atomic E-state index is 0.0238. The molecule has 2 aliphatic heterocycles. The Morgan fingerprint density at radius 3 is 2.68 bits per heavy atom. The van der Waals surface area contributed by atoms with Gasteiger partial charge in [0.05, 0.1) is 6.54 Å². The maximum atomic E-state index is 12.3. The molecule has 2 saturated heterocycles. The molecule has 1 aromatic carbocycles. The summed E-state index contributed by atoms with van der Waals surface area (Å²) in [5.74, 6) is 0.0800. The number of carbonyl (C=O) groups is 2. The fourth-order valence-electron chi connectivity index (χ4n) is 3.26. The minimum atomic E-state index is -0.254. The molecule has 136 valence electrons. The Bertz CT molecular complexity index is 638. The van der Waals surface area contributed by atoms with Gasteiger partial charge in [-0.25, -0.2) is 0 Å². The molecule has 0 aromatic heterocycles. The molecular formula is C18H24BrN3O3. The van der Waals surface area contributed by atoms with Crippen LogP contribution in [0.4, 0.5) is 5.69 Å². The highest BCUT2D eigenvalue weighted by molar-refractivity contribution is 9.10. The van der Waals surface area contributed by atoms with Crippen LogP contribution in [0.25, 0.3) is 0 Å². The van der Waals surface area contributed by atoms with E-state index in [2.05, 4.69) is 26.1 Å². The van der Waals surface area contributed by atoms with E-state index in [-0.39, 0.29) is 17.9 Å². The zero-order chi connectivity index (χ0) is 17.8. The molecule has 2 fully saturated rings. The van der Waals surface area contributed by atoms with Gasteiger partial charge in [0.1, 0.15) is 6.10 Å². The average molecular weight is 410 g/mol. The summed E-state index contributed by atoms with van der Waals surface area (Å²) in [6.07, 6.45) is 1.54. The van der Waals surface area contributed by atoms with Crippen LogP contribution in [0.1, 0.15) is 18.4 Å². The lowest BCUT2D eigenvalue weighted by atomic mass is 10.2. The van der Waals surface area contributed by atoms with Crippen molar-refractivity contribution in [2.45, 2.75) is 25.9 Å². The van der Waals surface area contributed by atoms with Crippen LogP contribution < -0.4 is 5.32 Å². The first-order chi connectivity index (χ1) is 12.0. The summed E-state index contributed by atoms with van der Waals surface area (Å²) < 4.78 is 6.47. The Morgan fingerprint density at radius 1 is 1.28 bits per heavy atom. The first-order valence-electron chi connectivity index (χ1n) is 8.71. The summed E-state index contributed by atoms with van der Waals surface area (Å²) in [4.78, 5) is 28.6. The molecule has 2 heterocycles. The Labute approximate surface area is 156 Å². The van der Waals surface area contributed by atoms with Crippen molar-refractivity contribution in [1.29, 1.82) is 0 Å². The molecule has 2 amide bonds. The van der Waals surface area contributed by atoms with E-state index in [1.54, 1.807) is 0 Å². The van der Waals surface area contributed by atoms with Crippen molar-refractivity contribution < 1.29 is 14.3 Å². The molecular weight excluding hydrogens is 386 g/mol. The van der Waals surface area contributed by atoms with Crippen molar-refractivity contribution in [1.82, 2.24) is 9.80 Å². The molecule has 3 rings (SSSR count). The van der Waals surface area contributed by atoms with Gasteiger partial charge in [0.25, 0.3) is 5.91 Å². The van der Waals surface area contributed by atoms with Crippen LogP contribution >= 0.6 is 15.9 Å². The van der Waals surface area contributed by atoms with Crippen LogP contribution in [-0.2, 0) is 14.3 Å². The van der Waals surface area contributed by atoms with E-state index in [9.17, 15) is 9.59 Å². The van der Waals surface area contributed by atoms with Crippen LogP contribution in [0.2, 0.25) is 0 Å². The maximum Gasteiger partial charge on any atom is 0.251 e. The van der Waals surface area contributed by atoms with E-state index in [4.69, 9.17) is 4.74 Å². The fourth-order valence-corrected chi connectivity index (χ4v) is 3.74. The number of amides is 2. The zero-order valence-electron chi connectivity index (χ0n) is 14.5. The van der Waals surface area contributed by atoms with Gasteiger partial charge in [0.2, 0.25) is 5.91 Å². The van der Waals surface area contributed by atoms with Crippen LogP contribution in [0.15, 0.2) is 22.7 Å². The highest BCUT2D eigenvalue weighted by atomic mass is 79.9. The number of anilines is 1. The van der Waals surface area contributed by atoms with Crippen LogP contribution in [0.5, 0.6) is 0 Å². The molecule has 1 atom stereocenters. The molecule has 2 aliphatic rings. The SMILES string of the molecule is Cc1cc(Br)ccc1NC(=O)CN1CCN(C(=O)C2CCCO2)CC1. The van der Waals surface area contributed by atoms with E-state index in [1.807, 2.05) is 30.0 Å². The summed E-state index contributed by atoms with van der Waals surface area (Å²) >= 11 is 3.42. The lowest BCUT2D eigenvalue weighted by Crippen LogP contribution is -2.52. The van der Waals surface area contributed by atoms with Crippen LogP contribution in [0.3, 0.4) is 0 Å². The highest BCUT2D eigenvalue weighted by Crippen LogP contribution is 2.20. The van der Waals surface area contributed by atoms with Gasteiger partial charge in [-0.05, 0) is 43.5 Å². The third kappa shape index (κ3) is 4.80. The molecule has 7 heteroatoms. The standard InChI is InChI=1S/C18H24BrN3O3/c1-13-11-14(19)4-5-15(13)20-17(23)12-21-6-8-22(9-7-21)18(24)16-3-2-10-25-16/h4-5,11,16H,2-3,6-10,12H2,1H3,(H,20,23). The Balaban J connectivity index is 1.45. The summed E-state index contributed by atoms with van der Waals surface area (Å²) in [5.41, 5.74) is 1.86. The number of ether oxygens (including phenoxy) is 1. The number of rotatable bonds is 4. The number of benzene rings is 1. The van der Waals surface area contributed by atoms with Crippen molar-refractivity contribution in [3.05, 3.63) is 28.2 Å². The summed E-state index contributed by atoms with van der Waals surface area (Å²) in [7, 11) is 0. The number of carbonyl (C=O) groups excluding carboxylic acids is 2. The first kappa shape index (κ1) is 18.4. The third-order valence-corrected chi connectivity index (χ3v) is 5.21. The van der Waals surface area contributed by atoms with Gasteiger partial charge in [-0.15, -0.1) is 0 Å². The molecule has 6 nitrogen and oxygen atoms in total. The molecule has 0 spiro atoms. The molecule has 0 saturated carbocycles. The predicted molar refractivity (Wildman–Crippen MR) is 99.5 cm³/mol. The van der Waals surface area contributed by atoms with E-state index < -0.39 is 0 Å². The van der Waals surface area contributed by atoms with Gasteiger partial charge < -0.3 is 15.0 Å². The van der Waals surface area contributed by atoms with Crippen molar-refractivity contribution in [3.63, 3.8) is 0 Å². The molecule has 0 radical (unpaired) electrons. The van der Waals surface area contributed by atoms with Gasteiger partial charge in [-0.2, -0.15) is 0 Å². The Kier molecular flexibility index (Phi) is 6.09. The lowest BCUT2D eigenvalue weighted by molar-refractivity contribution is -0.142. The monoisotopic (exact) mass is 409 g/mol. The third-order valence-electron chi connectivity index (χ3n) is 4.72. The molecule has 1 N–H and O–H groups in total. The quantitative estimate of drug-likeness (QED) is 0.825. The minimum Gasteiger partial charge on any atom is -0.368 e. The smallest absolute Gasteiger partial charge is 0.251 e. The Morgan fingerprint density at radius 2 is 2.04 bits per heavy atom. The van der Waals surface area contributed by atoms with Gasteiger partial charge in [-0.1, -0.05) is 15.9 Å². The number of nitrogens with one attached hydrogen (secondary N) is 1. The summed E-state index contributed by atoms with van der Waals surface area (Å²) in [6.45, 7) is 5.74. The van der Waals surface area contributed by atoms with Gasteiger partial charge >= 0.3 is 0 Å². The number of piperazine rings is 1. The van der Waals surface area contributed by atoms with Crippen molar-refractivity contribution in [3.8, 4) is 0 Å². The number of aryl methyl sites for hydroxylation is 1. The number of hydrogen-bond acceptors (Lipinski definition) is 4. The van der Waals surface area contributed by atoms with Crippen molar-refractivity contribution >= 4 is 33.4 Å². The number of hydrogen-bond donors (Lipinski definition) is 1.